The Hall–Kier alpha value is -2.63. The monoisotopic (exact) mass is 394 g/mol. The van der Waals surface area contributed by atoms with Crippen LogP contribution in [0.4, 0.5) is 0 Å². The van der Waals surface area contributed by atoms with Crippen molar-refractivity contribution >= 4 is 5.96 Å². The van der Waals surface area contributed by atoms with Gasteiger partial charge in [0.05, 0.1) is 0 Å². The van der Waals surface area contributed by atoms with E-state index < -0.39 is 0 Å². The molecule has 0 aliphatic heterocycles. The molecule has 0 saturated heterocycles. The van der Waals surface area contributed by atoms with E-state index in [1.54, 1.807) is 11.9 Å². The second-order valence-electron chi connectivity index (χ2n) is 7.47. The highest BCUT2D eigenvalue weighted by Gasteiger charge is 2.05. The van der Waals surface area contributed by atoms with Crippen LogP contribution in [-0.2, 0) is 19.4 Å². The molecule has 0 saturated carbocycles. The molecule has 1 aliphatic rings. The molecule has 0 fully saturated rings. The van der Waals surface area contributed by atoms with Gasteiger partial charge in [0, 0.05) is 32.6 Å². The maximum absolute atomic E-state index is 4.82. The Morgan fingerprint density at radius 1 is 1.10 bits per heavy atom. The highest BCUT2D eigenvalue weighted by atomic mass is 15.3. The van der Waals surface area contributed by atoms with Gasteiger partial charge >= 0.3 is 0 Å². The summed E-state index contributed by atoms with van der Waals surface area (Å²) < 4.78 is 2.10. The summed E-state index contributed by atoms with van der Waals surface area (Å²) in [6, 6.07) is 10.6. The minimum atomic E-state index is 0.797. The first-order chi connectivity index (χ1) is 14.3. The molecule has 3 rings (SSSR count). The standard InChI is InChI=1S/C23H34N6/c1-2-22-28-27-19-29(22)18-17-26-23(24-15-13-20-9-5-3-6-10-20)25-16-14-21-11-7-4-8-12-21/h3,5-6,9-11,19H,2,4,7-8,12-18H2,1H3,(H2,24,25,26). The molecule has 1 aliphatic carbocycles. The van der Waals surface area contributed by atoms with E-state index in [9.17, 15) is 0 Å². The van der Waals surface area contributed by atoms with E-state index in [4.69, 9.17) is 4.99 Å². The van der Waals surface area contributed by atoms with Gasteiger partial charge in [-0.3, -0.25) is 4.99 Å². The lowest BCUT2D eigenvalue weighted by Crippen LogP contribution is -2.40. The number of hydrogen-bond donors (Lipinski definition) is 2. The van der Waals surface area contributed by atoms with Crippen molar-refractivity contribution in [1.82, 2.24) is 25.4 Å². The number of hydrogen-bond acceptors (Lipinski definition) is 3. The number of benzene rings is 1. The topological polar surface area (TPSA) is 67.1 Å². The van der Waals surface area contributed by atoms with Crippen molar-refractivity contribution in [3.8, 4) is 0 Å². The summed E-state index contributed by atoms with van der Waals surface area (Å²) in [5.41, 5.74) is 2.91. The molecular weight excluding hydrogens is 360 g/mol. The Kier molecular flexibility index (Phi) is 8.76. The van der Waals surface area contributed by atoms with Gasteiger partial charge in [-0.05, 0) is 44.1 Å². The quantitative estimate of drug-likeness (QED) is 0.368. The second kappa shape index (κ2) is 12.0. The Labute approximate surface area is 174 Å². The predicted octanol–water partition coefficient (Wildman–Crippen LogP) is 3.51. The number of aromatic nitrogens is 3. The molecule has 1 aromatic carbocycles. The normalized spacial score (nSPS) is 14.5. The van der Waals surface area contributed by atoms with Crippen LogP contribution in [0.3, 0.4) is 0 Å². The lowest BCUT2D eigenvalue weighted by molar-refractivity contribution is 0.630. The number of guanidine groups is 1. The Morgan fingerprint density at radius 2 is 1.97 bits per heavy atom. The first-order valence-corrected chi connectivity index (χ1v) is 11.0. The van der Waals surface area contributed by atoms with Crippen LogP contribution < -0.4 is 10.6 Å². The van der Waals surface area contributed by atoms with Crippen molar-refractivity contribution in [2.24, 2.45) is 4.99 Å². The van der Waals surface area contributed by atoms with Gasteiger partial charge in [-0.15, -0.1) is 10.2 Å². The van der Waals surface area contributed by atoms with Crippen LogP contribution in [0.5, 0.6) is 0 Å². The number of aryl methyl sites for hydroxylation is 1. The molecule has 6 heteroatoms. The van der Waals surface area contributed by atoms with Crippen LogP contribution in [0, 0.1) is 0 Å². The predicted molar refractivity (Wildman–Crippen MR) is 119 cm³/mol. The molecule has 6 nitrogen and oxygen atoms in total. The van der Waals surface area contributed by atoms with E-state index in [2.05, 4.69) is 68.7 Å². The van der Waals surface area contributed by atoms with E-state index in [-0.39, 0.29) is 0 Å². The molecule has 1 aromatic heterocycles. The van der Waals surface area contributed by atoms with Crippen LogP contribution in [0.1, 0.15) is 50.4 Å². The van der Waals surface area contributed by atoms with E-state index in [1.165, 1.54) is 31.2 Å². The zero-order valence-corrected chi connectivity index (χ0v) is 17.6. The second-order valence-corrected chi connectivity index (χ2v) is 7.47. The summed E-state index contributed by atoms with van der Waals surface area (Å²) >= 11 is 0. The Balaban J connectivity index is 1.49. The minimum Gasteiger partial charge on any atom is -0.356 e. The van der Waals surface area contributed by atoms with Gasteiger partial charge < -0.3 is 15.2 Å². The van der Waals surface area contributed by atoms with Gasteiger partial charge in [0.15, 0.2) is 5.96 Å². The fourth-order valence-electron chi connectivity index (χ4n) is 3.62. The third kappa shape index (κ3) is 7.37. The van der Waals surface area contributed by atoms with Gasteiger partial charge in [0.25, 0.3) is 0 Å². The van der Waals surface area contributed by atoms with Crippen molar-refractivity contribution in [2.45, 2.75) is 58.4 Å². The van der Waals surface area contributed by atoms with Gasteiger partial charge in [-0.25, -0.2) is 0 Å². The number of nitrogens with one attached hydrogen (secondary N) is 2. The molecule has 0 atom stereocenters. The molecule has 29 heavy (non-hydrogen) atoms. The first kappa shape index (κ1) is 21.1. The first-order valence-electron chi connectivity index (χ1n) is 11.0. The average molecular weight is 395 g/mol. The van der Waals surface area contributed by atoms with Gasteiger partial charge in [0.2, 0.25) is 0 Å². The Bertz CT molecular complexity index is 778. The fraction of sp³-hybridized carbons (Fsp3) is 0.522. The van der Waals surface area contributed by atoms with E-state index in [0.29, 0.717) is 0 Å². The summed E-state index contributed by atoms with van der Waals surface area (Å²) in [7, 11) is 0. The van der Waals surface area contributed by atoms with Crippen molar-refractivity contribution < 1.29 is 0 Å². The number of allylic oxidation sites excluding steroid dienone is 1. The van der Waals surface area contributed by atoms with Crippen LogP contribution >= 0.6 is 0 Å². The van der Waals surface area contributed by atoms with Crippen molar-refractivity contribution in [1.29, 1.82) is 0 Å². The van der Waals surface area contributed by atoms with Gasteiger partial charge in [-0.2, -0.15) is 0 Å². The van der Waals surface area contributed by atoms with Crippen LogP contribution in [0.2, 0.25) is 0 Å². The van der Waals surface area contributed by atoms with E-state index >= 15 is 0 Å². The summed E-state index contributed by atoms with van der Waals surface area (Å²) in [4.78, 5) is 4.82. The zero-order valence-electron chi connectivity index (χ0n) is 17.6. The van der Waals surface area contributed by atoms with Crippen molar-refractivity contribution in [3.05, 3.63) is 59.7 Å². The molecule has 156 valence electrons. The summed E-state index contributed by atoms with van der Waals surface area (Å²) in [5, 5.41) is 15.1. The average Bonchev–Trinajstić information content (AvgIpc) is 3.22. The van der Waals surface area contributed by atoms with E-state index in [1.807, 2.05) is 0 Å². The van der Waals surface area contributed by atoms with Crippen LogP contribution in [0.25, 0.3) is 0 Å². The number of rotatable bonds is 10. The van der Waals surface area contributed by atoms with Gasteiger partial charge in [0.1, 0.15) is 12.2 Å². The zero-order chi connectivity index (χ0) is 20.2. The van der Waals surface area contributed by atoms with Gasteiger partial charge in [-0.1, -0.05) is 48.9 Å². The molecule has 1 heterocycles. The molecule has 0 bridgehead atoms. The molecular formula is C23H34N6. The maximum Gasteiger partial charge on any atom is 0.191 e. The third-order valence-electron chi connectivity index (χ3n) is 5.29. The maximum atomic E-state index is 4.82. The molecule has 0 radical (unpaired) electrons. The smallest absolute Gasteiger partial charge is 0.191 e. The van der Waals surface area contributed by atoms with Crippen molar-refractivity contribution in [3.63, 3.8) is 0 Å². The lowest BCUT2D eigenvalue weighted by Gasteiger charge is -2.15. The van der Waals surface area contributed by atoms with Crippen LogP contribution in [0.15, 0.2) is 53.3 Å². The summed E-state index contributed by atoms with van der Waals surface area (Å²) in [6.45, 7) is 5.43. The van der Waals surface area contributed by atoms with Crippen LogP contribution in [-0.4, -0.2) is 40.4 Å². The largest absolute Gasteiger partial charge is 0.356 e. The van der Waals surface area contributed by atoms with E-state index in [0.717, 1.165) is 57.2 Å². The SMILES string of the molecule is CCc1nncn1CCNC(=NCCC1=CCCCC1)NCCc1ccccc1. The number of nitrogens with zero attached hydrogens (tertiary/aromatic N) is 4. The summed E-state index contributed by atoms with van der Waals surface area (Å²) in [5.74, 6) is 1.91. The highest BCUT2D eigenvalue weighted by molar-refractivity contribution is 5.79. The number of aliphatic imine (C=N–C) groups is 1. The molecule has 0 amide bonds. The minimum absolute atomic E-state index is 0.797. The third-order valence-corrected chi connectivity index (χ3v) is 5.29. The lowest BCUT2D eigenvalue weighted by atomic mass is 9.97. The van der Waals surface area contributed by atoms with Crippen molar-refractivity contribution in [2.75, 3.05) is 19.6 Å². The Morgan fingerprint density at radius 3 is 2.76 bits per heavy atom. The molecule has 0 unspecified atom stereocenters. The fourth-order valence-corrected chi connectivity index (χ4v) is 3.62. The molecule has 2 N–H and O–H groups in total. The molecule has 2 aromatic rings. The summed E-state index contributed by atoms with van der Waals surface area (Å²) in [6.07, 6.45) is 12.3. The highest BCUT2D eigenvalue weighted by Crippen LogP contribution is 2.19. The molecule has 0 spiro atoms.